The van der Waals surface area contributed by atoms with Gasteiger partial charge in [0.25, 0.3) is 0 Å². The molecule has 0 saturated carbocycles. The van der Waals surface area contributed by atoms with Gasteiger partial charge in [0.15, 0.2) is 0 Å². The number of aryl methyl sites for hydroxylation is 1. The zero-order valence-electron chi connectivity index (χ0n) is 18.9. The lowest BCUT2D eigenvalue weighted by Crippen LogP contribution is -2.44. The maximum absolute atomic E-state index is 12.5. The number of hydrogen-bond donors (Lipinski definition) is 4. The molecule has 34 heavy (non-hydrogen) atoms. The van der Waals surface area contributed by atoms with Crippen molar-refractivity contribution in [2.24, 2.45) is 10.9 Å². The molecule has 184 valence electrons. The molecular weight excluding hydrogens is 460 g/mol. The zero-order valence-corrected chi connectivity index (χ0v) is 19.8. The van der Waals surface area contributed by atoms with Crippen molar-refractivity contribution in [2.75, 3.05) is 13.7 Å². The summed E-state index contributed by atoms with van der Waals surface area (Å²) in [6.45, 7) is -0.245. The Morgan fingerprint density at radius 3 is 2.38 bits per heavy atom. The molecule has 10 nitrogen and oxygen atoms in total. The molecule has 0 aromatic heterocycles. The van der Waals surface area contributed by atoms with Crippen LogP contribution < -0.4 is 20.6 Å². The summed E-state index contributed by atoms with van der Waals surface area (Å²) in [4.78, 5) is 23.5. The quantitative estimate of drug-likeness (QED) is 0.135. The van der Waals surface area contributed by atoms with E-state index in [0.717, 1.165) is 24.0 Å². The Hall–Kier alpha value is -3.44. The molecule has 0 saturated heterocycles. The zero-order chi connectivity index (χ0) is 25.0. The van der Waals surface area contributed by atoms with E-state index in [0.29, 0.717) is 12.2 Å². The molecule has 0 spiro atoms. The molecule has 2 aromatic rings. The molecule has 0 aliphatic rings. The number of carbonyl (C=O) groups is 2. The van der Waals surface area contributed by atoms with Gasteiger partial charge in [-0.3, -0.25) is 9.59 Å². The predicted molar refractivity (Wildman–Crippen MR) is 128 cm³/mol. The summed E-state index contributed by atoms with van der Waals surface area (Å²) >= 11 is 0. The molecule has 0 heterocycles. The van der Waals surface area contributed by atoms with Crippen LogP contribution in [0.15, 0.2) is 58.5 Å². The number of methoxy groups -OCH3 is 1. The average Bonchev–Trinajstić information content (AvgIpc) is 2.81. The first-order valence-corrected chi connectivity index (χ1v) is 12.2. The fraction of sp³-hybridized carbons (Fsp3) is 0.348. The van der Waals surface area contributed by atoms with Crippen molar-refractivity contribution >= 4 is 28.1 Å². The molecule has 5 N–H and O–H groups in total. The van der Waals surface area contributed by atoms with Crippen molar-refractivity contribution in [3.8, 4) is 5.75 Å². The van der Waals surface area contributed by atoms with Crippen LogP contribution in [0.1, 0.15) is 36.8 Å². The topological polar surface area (TPSA) is 160 Å². The van der Waals surface area contributed by atoms with E-state index in [9.17, 15) is 18.0 Å². The molecule has 0 bridgehead atoms. The highest BCUT2D eigenvalue weighted by Gasteiger charge is 2.20. The number of hydrogen-bond acceptors (Lipinski definition) is 7. The first-order valence-electron chi connectivity index (χ1n) is 10.7. The molecule has 1 unspecified atom stereocenters. The number of nitrogens with one attached hydrogen (secondary N) is 2. The number of hydrazone groups is 1. The number of rotatable bonds is 14. The van der Waals surface area contributed by atoms with E-state index >= 15 is 0 Å². The molecule has 2 aromatic carbocycles. The van der Waals surface area contributed by atoms with E-state index in [4.69, 9.17) is 15.7 Å². The van der Waals surface area contributed by atoms with Crippen LogP contribution in [0.5, 0.6) is 5.75 Å². The molecule has 11 heteroatoms. The summed E-state index contributed by atoms with van der Waals surface area (Å²) < 4.78 is 32.3. The van der Waals surface area contributed by atoms with Crippen LogP contribution in [0.3, 0.4) is 0 Å². The van der Waals surface area contributed by atoms with Crippen LogP contribution in [-0.2, 0) is 26.0 Å². The molecule has 1 amide bonds. The standard InChI is InChI=1S/C23H30N4O6S/c1-33-20-10-12-21(13-11-20)34(31,32)26-16-19(14-23(29)30)27-22(28)5-3-2-4-17-6-8-18(9-7-17)15-25-24/h6-13,15,19,26H,2-5,14,16,24H2,1H3,(H,27,28)(H,29,30). The van der Waals surface area contributed by atoms with Crippen LogP contribution in [-0.4, -0.2) is 51.3 Å². The van der Waals surface area contributed by atoms with Gasteiger partial charge in [0.2, 0.25) is 15.9 Å². The molecule has 0 aliphatic heterocycles. The lowest BCUT2D eigenvalue weighted by atomic mass is 10.1. The molecule has 0 fully saturated rings. The normalized spacial score (nSPS) is 12.4. The number of carbonyl (C=O) groups excluding carboxylic acids is 1. The number of carboxylic acids is 1. The highest BCUT2D eigenvalue weighted by molar-refractivity contribution is 7.89. The molecule has 2 rings (SSSR count). The number of nitrogens with zero attached hydrogens (tertiary/aromatic N) is 1. The Bertz CT molecular complexity index is 1070. The van der Waals surface area contributed by atoms with Crippen molar-refractivity contribution in [3.05, 3.63) is 59.7 Å². The lowest BCUT2D eigenvalue weighted by molar-refractivity contribution is -0.137. The minimum atomic E-state index is -3.88. The van der Waals surface area contributed by atoms with Crippen LogP contribution in [0.2, 0.25) is 0 Å². The molecule has 0 aliphatic carbocycles. The minimum Gasteiger partial charge on any atom is -0.497 e. The number of amides is 1. The number of unbranched alkanes of at least 4 members (excludes halogenated alkanes) is 1. The monoisotopic (exact) mass is 490 g/mol. The number of nitrogens with two attached hydrogens (primary N) is 1. The molecule has 1 atom stereocenters. The Morgan fingerprint density at radius 2 is 1.79 bits per heavy atom. The third-order valence-corrected chi connectivity index (χ3v) is 6.44. The Balaban J connectivity index is 1.82. The van der Waals surface area contributed by atoms with Gasteiger partial charge in [-0.2, -0.15) is 5.10 Å². The molecular formula is C23H30N4O6S. The van der Waals surface area contributed by atoms with E-state index in [-0.39, 0.29) is 23.8 Å². The lowest BCUT2D eigenvalue weighted by Gasteiger charge is -2.18. The second kappa shape index (κ2) is 13.3. The Labute approximate surface area is 199 Å². The number of sulfonamides is 1. The Kier molecular flexibility index (Phi) is 10.5. The van der Waals surface area contributed by atoms with Crippen LogP contribution in [0, 0.1) is 0 Å². The third-order valence-electron chi connectivity index (χ3n) is 5.00. The largest absolute Gasteiger partial charge is 0.497 e. The van der Waals surface area contributed by atoms with Crippen molar-refractivity contribution in [2.45, 2.75) is 43.0 Å². The van der Waals surface area contributed by atoms with Gasteiger partial charge in [-0.25, -0.2) is 13.1 Å². The fourth-order valence-corrected chi connectivity index (χ4v) is 4.29. The minimum absolute atomic E-state index is 0.0112. The highest BCUT2D eigenvalue weighted by atomic mass is 32.2. The Morgan fingerprint density at radius 1 is 1.12 bits per heavy atom. The van der Waals surface area contributed by atoms with Crippen LogP contribution in [0.25, 0.3) is 0 Å². The van der Waals surface area contributed by atoms with E-state index in [1.54, 1.807) is 6.21 Å². The first kappa shape index (κ1) is 26.8. The van der Waals surface area contributed by atoms with Gasteiger partial charge in [-0.1, -0.05) is 24.3 Å². The van der Waals surface area contributed by atoms with Crippen molar-refractivity contribution in [1.29, 1.82) is 0 Å². The molecule has 0 radical (unpaired) electrons. The smallest absolute Gasteiger partial charge is 0.305 e. The summed E-state index contributed by atoms with van der Waals surface area (Å²) in [5.74, 6) is 4.16. The number of aliphatic carboxylic acids is 1. The van der Waals surface area contributed by atoms with Crippen molar-refractivity contribution in [3.63, 3.8) is 0 Å². The second-order valence-corrected chi connectivity index (χ2v) is 9.38. The number of benzene rings is 2. The van der Waals surface area contributed by atoms with Gasteiger partial charge in [0.1, 0.15) is 5.75 Å². The fourth-order valence-electron chi connectivity index (χ4n) is 3.20. The highest BCUT2D eigenvalue weighted by Crippen LogP contribution is 2.15. The van der Waals surface area contributed by atoms with E-state index in [1.165, 1.54) is 31.4 Å². The van der Waals surface area contributed by atoms with Crippen LogP contribution >= 0.6 is 0 Å². The maximum atomic E-state index is 12.5. The number of ether oxygens (including phenoxy) is 1. The van der Waals surface area contributed by atoms with E-state index in [1.807, 2.05) is 24.3 Å². The number of carboxylic acid groups (broad SMARTS) is 1. The summed E-state index contributed by atoms with van der Waals surface area (Å²) in [6.07, 6.45) is 3.52. The summed E-state index contributed by atoms with van der Waals surface area (Å²) in [6, 6.07) is 12.6. The van der Waals surface area contributed by atoms with Gasteiger partial charge in [-0.15, -0.1) is 0 Å². The van der Waals surface area contributed by atoms with E-state index in [2.05, 4.69) is 15.1 Å². The van der Waals surface area contributed by atoms with E-state index < -0.39 is 28.5 Å². The third kappa shape index (κ3) is 9.20. The summed E-state index contributed by atoms with van der Waals surface area (Å²) in [5.41, 5.74) is 2.02. The van der Waals surface area contributed by atoms with Gasteiger partial charge >= 0.3 is 5.97 Å². The predicted octanol–water partition coefficient (Wildman–Crippen LogP) is 1.64. The van der Waals surface area contributed by atoms with Gasteiger partial charge in [-0.05, 0) is 54.7 Å². The van der Waals surface area contributed by atoms with Gasteiger partial charge in [0, 0.05) is 13.0 Å². The van der Waals surface area contributed by atoms with Gasteiger partial charge < -0.3 is 21.0 Å². The summed E-state index contributed by atoms with van der Waals surface area (Å²) in [7, 11) is -2.41. The second-order valence-electron chi connectivity index (χ2n) is 7.62. The SMILES string of the molecule is COc1ccc(S(=O)(=O)NCC(CC(=O)O)NC(=O)CCCCc2ccc(C=NN)cc2)cc1. The maximum Gasteiger partial charge on any atom is 0.305 e. The van der Waals surface area contributed by atoms with Crippen LogP contribution in [0.4, 0.5) is 0 Å². The first-order chi connectivity index (χ1) is 16.2. The van der Waals surface area contributed by atoms with Crippen molar-refractivity contribution < 1.29 is 27.9 Å². The van der Waals surface area contributed by atoms with Gasteiger partial charge in [0.05, 0.1) is 30.7 Å². The van der Waals surface area contributed by atoms with Crippen molar-refractivity contribution in [1.82, 2.24) is 10.0 Å². The average molecular weight is 491 g/mol. The summed E-state index contributed by atoms with van der Waals surface area (Å²) in [5, 5.41) is 15.2.